The van der Waals surface area contributed by atoms with Crippen LogP contribution in [0.15, 0.2) is 30.5 Å². The van der Waals surface area contributed by atoms with Crippen LogP contribution in [0.2, 0.25) is 0 Å². The van der Waals surface area contributed by atoms with Crippen molar-refractivity contribution in [1.29, 1.82) is 0 Å². The fourth-order valence-electron chi connectivity index (χ4n) is 1.58. The Kier molecular flexibility index (Phi) is 3.64. The molecule has 0 spiro atoms. The summed E-state index contributed by atoms with van der Waals surface area (Å²) in [7, 11) is 0. The molecular formula is C12H14AsN3O. The Morgan fingerprint density at radius 3 is 3.06 bits per heavy atom. The molecule has 2 amide bonds. The molecule has 1 aromatic carbocycles. The van der Waals surface area contributed by atoms with Crippen LogP contribution in [0.3, 0.4) is 0 Å². The van der Waals surface area contributed by atoms with E-state index in [1.165, 1.54) is 4.35 Å². The van der Waals surface area contributed by atoms with Gasteiger partial charge in [-0.05, 0) is 0 Å². The maximum absolute atomic E-state index is 11.4. The first-order chi connectivity index (χ1) is 8.20. The third-order valence-electron chi connectivity index (χ3n) is 2.38. The Balaban J connectivity index is 2.29. The molecule has 1 unspecified atom stereocenters. The predicted molar refractivity (Wildman–Crippen MR) is 72.6 cm³/mol. The number of nitrogens with zero attached hydrogens (tertiary/aromatic N) is 1. The molecule has 0 aliphatic heterocycles. The zero-order chi connectivity index (χ0) is 12.3. The predicted octanol–water partition coefficient (Wildman–Crippen LogP) is 0.635. The van der Waals surface area contributed by atoms with Crippen LogP contribution in [0, 0.1) is 0 Å². The summed E-state index contributed by atoms with van der Waals surface area (Å²) >= 11 is 1.57. The first-order valence-electron chi connectivity index (χ1n) is 5.40. The summed E-state index contributed by atoms with van der Waals surface area (Å²) in [6, 6.07) is 7.75. The number of anilines is 1. The molecule has 17 heavy (non-hydrogen) atoms. The number of urea groups is 1. The second-order valence-electron chi connectivity index (χ2n) is 3.62. The van der Waals surface area contributed by atoms with Gasteiger partial charge in [-0.2, -0.15) is 0 Å². The monoisotopic (exact) mass is 291 g/mol. The van der Waals surface area contributed by atoms with Gasteiger partial charge in [0.25, 0.3) is 0 Å². The van der Waals surface area contributed by atoms with E-state index in [4.69, 9.17) is 0 Å². The van der Waals surface area contributed by atoms with Crippen LogP contribution in [0.25, 0.3) is 10.8 Å². The summed E-state index contributed by atoms with van der Waals surface area (Å²) in [6.45, 7) is 2.47. The van der Waals surface area contributed by atoms with Gasteiger partial charge < -0.3 is 0 Å². The molecule has 0 aliphatic rings. The van der Waals surface area contributed by atoms with Gasteiger partial charge in [-0.3, -0.25) is 0 Å². The van der Waals surface area contributed by atoms with Crippen molar-refractivity contribution in [2.75, 3.05) is 11.9 Å². The molecule has 0 saturated carbocycles. The van der Waals surface area contributed by atoms with Crippen LogP contribution in [0.5, 0.6) is 0 Å². The summed E-state index contributed by atoms with van der Waals surface area (Å²) < 4.78 is 1.24. The first-order valence-corrected chi connectivity index (χ1v) is 6.61. The molecule has 0 saturated heterocycles. The van der Waals surface area contributed by atoms with Crippen LogP contribution >= 0.6 is 0 Å². The number of nitrogens with one attached hydrogen (secondary N) is 2. The van der Waals surface area contributed by atoms with Gasteiger partial charge in [0.05, 0.1) is 0 Å². The molecule has 1 heterocycles. The normalized spacial score (nSPS) is 10.2. The summed E-state index contributed by atoms with van der Waals surface area (Å²) in [5.41, 5.74) is 0. The van der Waals surface area contributed by atoms with Crippen LogP contribution in [-0.2, 0) is 0 Å². The van der Waals surface area contributed by atoms with Gasteiger partial charge in [0, 0.05) is 0 Å². The van der Waals surface area contributed by atoms with Crippen molar-refractivity contribution < 1.29 is 4.79 Å². The number of aromatic nitrogens is 1. The number of rotatable bonds is 2. The molecule has 0 bridgehead atoms. The topological polar surface area (TPSA) is 54.0 Å². The number of fused-ring (bicyclic) bond motifs is 1. The molecule has 4 nitrogen and oxygen atoms in total. The van der Waals surface area contributed by atoms with Crippen molar-refractivity contribution >= 4 is 43.8 Å². The van der Waals surface area contributed by atoms with Crippen molar-refractivity contribution in [2.24, 2.45) is 0 Å². The zero-order valence-corrected chi connectivity index (χ0v) is 11.9. The van der Waals surface area contributed by atoms with Crippen LogP contribution < -0.4 is 15.0 Å². The molecule has 0 fully saturated rings. The number of pyridine rings is 1. The minimum absolute atomic E-state index is 0.226. The van der Waals surface area contributed by atoms with Gasteiger partial charge in [-0.25, -0.2) is 0 Å². The van der Waals surface area contributed by atoms with E-state index in [1.54, 1.807) is 23.0 Å². The summed E-state index contributed by atoms with van der Waals surface area (Å²) in [5, 5.41) is 7.59. The molecule has 0 radical (unpaired) electrons. The van der Waals surface area contributed by atoms with E-state index in [2.05, 4.69) is 21.7 Å². The SMILES string of the molecule is CCNC(=O)Nc1cc2cccc([AsH2])c2cn1. The van der Waals surface area contributed by atoms with E-state index in [0.717, 1.165) is 10.8 Å². The third-order valence-corrected chi connectivity index (χ3v) is 3.43. The van der Waals surface area contributed by atoms with Crippen LogP contribution in [0.4, 0.5) is 10.6 Å². The second-order valence-corrected chi connectivity index (χ2v) is 4.93. The van der Waals surface area contributed by atoms with Crippen molar-refractivity contribution in [2.45, 2.75) is 6.92 Å². The number of carbonyl (C=O) groups is 1. The van der Waals surface area contributed by atoms with Gasteiger partial charge in [0.15, 0.2) is 0 Å². The number of hydrogen-bond acceptors (Lipinski definition) is 2. The molecule has 88 valence electrons. The Morgan fingerprint density at radius 1 is 1.47 bits per heavy atom. The average molecular weight is 291 g/mol. The van der Waals surface area contributed by atoms with E-state index in [1.807, 2.05) is 25.1 Å². The molecule has 2 N–H and O–H groups in total. The number of benzene rings is 1. The van der Waals surface area contributed by atoms with Crippen molar-refractivity contribution in [1.82, 2.24) is 10.3 Å². The van der Waals surface area contributed by atoms with Crippen molar-refractivity contribution in [3.63, 3.8) is 0 Å². The van der Waals surface area contributed by atoms with E-state index in [-0.39, 0.29) is 6.03 Å². The molecule has 1 aromatic heterocycles. The quantitative estimate of drug-likeness (QED) is 0.798. The minimum atomic E-state index is -0.226. The van der Waals surface area contributed by atoms with Crippen LogP contribution in [-0.4, -0.2) is 34.4 Å². The number of amides is 2. The molecule has 2 rings (SSSR count). The number of hydrogen-bond donors (Lipinski definition) is 2. The second kappa shape index (κ2) is 5.19. The summed E-state index contributed by atoms with van der Waals surface area (Å²) in [5.74, 6) is 0.571. The van der Waals surface area contributed by atoms with Crippen LogP contribution in [0.1, 0.15) is 6.92 Å². The van der Waals surface area contributed by atoms with Gasteiger partial charge >= 0.3 is 108 Å². The summed E-state index contributed by atoms with van der Waals surface area (Å²) in [6.07, 6.45) is 1.80. The van der Waals surface area contributed by atoms with Crippen molar-refractivity contribution in [3.8, 4) is 0 Å². The molecular weight excluding hydrogens is 277 g/mol. The Hall–Kier alpha value is -1.54. The van der Waals surface area contributed by atoms with Gasteiger partial charge in [-0.1, -0.05) is 0 Å². The van der Waals surface area contributed by atoms with E-state index in [9.17, 15) is 4.79 Å². The maximum atomic E-state index is 11.4. The van der Waals surface area contributed by atoms with Gasteiger partial charge in [0.2, 0.25) is 0 Å². The van der Waals surface area contributed by atoms with Gasteiger partial charge in [-0.15, -0.1) is 0 Å². The Bertz CT molecular complexity index is 556. The summed E-state index contributed by atoms with van der Waals surface area (Å²) in [4.78, 5) is 15.6. The van der Waals surface area contributed by atoms with E-state index in [0.29, 0.717) is 12.4 Å². The van der Waals surface area contributed by atoms with E-state index < -0.39 is 0 Å². The molecule has 2 aromatic rings. The van der Waals surface area contributed by atoms with Crippen molar-refractivity contribution in [3.05, 3.63) is 30.5 Å². The van der Waals surface area contributed by atoms with Gasteiger partial charge in [0.1, 0.15) is 0 Å². The fourth-order valence-corrected chi connectivity index (χ4v) is 2.32. The Morgan fingerprint density at radius 2 is 2.29 bits per heavy atom. The third kappa shape index (κ3) is 2.77. The zero-order valence-electron chi connectivity index (χ0n) is 9.53. The fraction of sp³-hybridized carbons (Fsp3) is 0.167. The first kappa shape index (κ1) is 11.9. The molecule has 0 aliphatic carbocycles. The van der Waals surface area contributed by atoms with E-state index >= 15 is 0 Å². The molecule has 5 heteroatoms. The number of carbonyl (C=O) groups excluding carboxylic acids is 1. The molecule has 1 atom stereocenters. The average Bonchev–Trinajstić information content (AvgIpc) is 2.29. The Labute approximate surface area is 108 Å². The standard InChI is InChI=1S/C12H14AsN3O/c1-2-14-12(17)16-11-6-8-4-3-5-10(13)9(8)7-15-11/h3-7H,2,13H2,1H3,(H2,14,15,16,17).